The Hall–Kier alpha value is -2.91. The van der Waals surface area contributed by atoms with Crippen LogP contribution in [-0.4, -0.2) is 49.7 Å². The van der Waals surface area contributed by atoms with Gasteiger partial charge in [0.15, 0.2) is 11.3 Å². The highest BCUT2D eigenvalue weighted by atomic mass is 16.5. The van der Waals surface area contributed by atoms with E-state index in [1.54, 1.807) is 11.8 Å². The van der Waals surface area contributed by atoms with Gasteiger partial charge in [0.05, 0.1) is 26.5 Å². The lowest BCUT2D eigenvalue weighted by molar-refractivity contribution is 0.276. The average Bonchev–Trinajstić information content (AvgIpc) is 3.11. The summed E-state index contributed by atoms with van der Waals surface area (Å²) >= 11 is 0. The van der Waals surface area contributed by atoms with E-state index in [4.69, 9.17) is 10.5 Å². The molecule has 9 heteroatoms. The highest BCUT2D eigenvalue weighted by Gasteiger charge is 2.16. The lowest BCUT2D eigenvalue weighted by atomic mass is 10.1. The van der Waals surface area contributed by atoms with Crippen LogP contribution in [0.5, 0.6) is 5.75 Å². The van der Waals surface area contributed by atoms with Crippen molar-refractivity contribution in [3.05, 3.63) is 35.5 Å². The van der Waals surface area contributed by atoms with Crippen LogP contribution in [0.15, 0.2) is 24.4 Å². The van der Waals surface area contributed by atoms with Crippen LogP contribution in [-0.2, 0) is 13.2 Å². The summed E-state index contributed by atoms with van der Waals surface area (Å²) in [6.07, 6.45) is 4.33. The Kier molecular flexibility index (Phi) is 6.84. The number of nitrogen functional groups attached to an aromatic ring is 1. The van der Waals surface area contributed by atoms with Crippen LogP contribution in [0.2, 0.25) is 0 Å². The molecule has 3 aromatic rings. The minimum Gasteiger partial charge on any atom is -0.496 e. The van der Waals surface area contributed by atoms with Crippen molar-refractivity contribution >= 4 is 22.8 Å². The number of anilines is 2. The number of aromatic nitrogens is 4. The molecule has 1 atom stereocenters. The first kappa shape index (κ1) is 20.8. The van der Waals surface area contributed by atoms with Gasteiger partial charge in [0.25, 0.3) is 0 Å². The summed E-state index contributed by atoms with van der Waals surface area (Å²) < 4.78 is 7.21. The van der Waals surface area contributed by atoms with Gasteiger partial charge >= 0.3 is 0 Å². The summed E-state index contributed by atoms with van der Waals surface area (Å²) in [6, 6.07) is 5.66. The number of hydrogen-bond donors (Lipinski definition) is 4. The number of rotatable bonds is 10. The molecular formula is C20H28N6O3. The molecule has 0 radical (unpaired) electrons. The zero-order chi connectivity index (χ0) is 20.8. The fourth-order valence-corrected chi connectivity index (χ4v) is 3.34. The van der Waals surface area contributed by atoms with Gasteiger partial charge in [-0.2, -0.15) is 10.1 Å². The molecule has 0 aliphatic rings. The van der Waals surface area contributed by atoms with Crippen LogP contribution in [0, 0.1) is 0 Å². The van der Waals surface area contributed by atoms with E-state index in [0.29, 0.717) is 35.6 Å². The third-order valence-electron chi connectivity index (χ3n) is 4.75. The highest BCUT2D eigenvalue weighted by molar-refractivity contribution is 5.85. The lowest BCUT2D eigenvalue weighted by Crippen LogP contribution is -2.22. The molecule has 0 unspecified atom stereocenters. The predicted molar refractivity (Wildman–Crippen MR) is 112 cm³/mol. The fraction of sp³-hybridized carbons (Fsp3) is 0.450. The molecule has 0 fully saturated rings. The van der Waals surface area contributed by atoms with E-state index in [2.05, 4.69) is 27.3 Å². The first-order valence-corrected chi connectivity index (χ1v) is 9.72. The molecule has 0 saturated carbocycles. The predicted octanol–water partition coefficient (Wildman–Crippen LogP) is 1.92. The van der Waals surface area contributed by atoms with Crippen molar-refractivity contribution in [2.45, 2.75) is 45.4 Å². The Morgan fingerprint density at radius 2 is 2.07 bits per heavy atom. The van der Waals surface area contributed by atoms with Crippen LogP contribution in [0.4, 0.5) is 11.8 Å². The second-order valence-corrected chi connectivity index (χ2v) is 6.94. The summed E-state index contributed by atoms with van der Waals surface area (Å²) in [5.74, 6) is 1.43. The van der Waals surface area contributed by atoms with Gasteiger partial charge in [0.2, 0.25) is 5.95 Å². The van der Waals surface area contributed by atoms with Gasteiger partial charge in [-0.05, 0) is 24.5 Å². The molecule has 2 heterocycles. The third-order valence-corrected chi connectivity index (χ3v) is 4.75. The van der Waals surface area contributed by atoms with Gasteiger partial charge in [-0.1, -0.05) is 25.5 Å². The quantitative estimate of drug-likeness (QED) is 0.406. The van der Waals surface area contributed by atoms with E-state index in [1.807, 2.05) is 24.4 Å². The maximum Gasteiger partial charge on any atom is 0.222 e. The van der Waals surface area contributed by atoms with E-state index in [-0.39, 0.29) is 25.2 Å². The molecule has 3 rings (SSSR count). The van der Waals surface area contributed by atoms with Crippen molar-refractivity contribution in [3.63, 3.8) is 0 Å². The number of ether oxygens (including phenoxy) is 1. The number of fused-ring (bicyclic) bond motifs is 1. The Morgan fingerprint density at radius 1 is 1.24 bits per heavy atom. The molecule has 5 N–H and O–H groups in total. The Balaban J connectivity index is 1.92. The van der Waals surface area contributed by atoms with Crippen LogP contribution < -0.4 is 15.8 Å². The summed E-state index contributed by atoms with van der Waals surface area (Å²) in [5.41, 5.74) is 8.88. The number of hydrogen-bond acceptors (Lipinski definition) is 8. The van der Waals surface area contributed by atoms with E-state index in [1.165, 1.54) is 0 Å². The second-order valence-electron chi connectivity index (χ2n) is 6.94. The molecule has 2 aromatic heterocycles. The maximum atomic E-state index is 9.32. The third kappa shape index (κ3) is 4.93. The summed E-state index contributed by atoms with van der Waals surface area (Å²) in [6.45, 7) is 2.62. The van der Waals surface area contributed by atoms with Crippen LogP contribution in [0.25, 0.3) is 11.0 Å². The Morgan fingerprint density at radius 3 is 2.76 bits per heavy atom. The van der Waals surface area contributed by atoms with Crippen LogP contribution in [0.1, 0.15) is 37.3 Å². The van der Waals surface area contributed by atoms with Gasteiger partial charge < -0.3 is 26.0 Å². The first-order valence-electron chi connectivity index (χ1n) is 9.72. The smallest absolute Gasteiger partial charge is 0.222 e. The summed E-state index contributed by atoms with van der Waals surface area (Å²) in [4.78, 5) is 8.63. The number of methoxy groups -OCH3 is 1. The molecule has 0 spiro atoms. The first-order chi connectivity index (χ1) is 14.1. The number of aliphatic hydroxyl groups excluding tert-OH is 2. The van der Waals surface area contributed by atoms with E-state index >= 15 is 0 Å². The minimum absolute atomic E-state index is 0.0427. The Bertz CT molecular complexity index is 953. The standard InChI is InChI=1S/C20H28N6O3/c1-3-4-15(7-8-27)22-19-18-16(23-20(21)24-19)11-26(25-18)10-14-6-5-13(12-28)9-17(14)29-2/h5-6,9,11,15,27-28H,3-4,7-8,10,12H2,1-2H3,(H3,21,22,23,24)/t15-/m0/s1. The summed E-state index contributed by atoms with van der Waals surface area (Å²) in [5, 5.41) is 26.6. The number of benzene rings is 1. The van der Waals surface area contributed by atoms with Gasteiger partial charge in [-0.3, -0.25) is 4.68 Å². The number of nitrogens with two attached hydrogens (primary N) is 1. The lowest BCUT2D eigenvalue weighted by Gasteiger charge is -2.17. The molecule has 0 aliphatic carbocycles. The van der Waals surface area contributed by atoms with Crippen molar-refractivity contribution < 1.29 is 14.9 Å². The van der Waals surface area contributed by atoms with E-state index in [0.717, 1.165) is 24.0 Å². The molecule has 156 valence electrons. The van der Waals surface area contributed by atoms with Crippen molar-refractivity contribution in [3.8, 4) is 5.75 Å². The van der Waals surface area contributed by atoms with Gasteiger partial charge in [-0.15, -0.1) is 0 Å². The SMILES string of the molecule is CCC[C@@H](CCO)Nc1nc(N)nc2cn(Cc3ccc(CO)cc3OC)nc12. The van der Waals surface area contributed by atoms with Gasteiger partial charge in [0.1, 0.15) is 11.3 Å². The fourth-order valence-electron chi connectivity index (χ4n) is 3.34. The monoisotopic (exact) mass is 400 g/mol. The van der Waals surface area contributed by atoms with E-state index < -0.39 is 0 Å². The molecule has 0 saturated heterocycles. The van der Waals surface area contributed by atoms with E-state index in [9.17, 15) is 10.2 Å². The van der Waals surface area contributed by atoms with Crippen molar-refractivity contribution in [2.24, 2.45) is 0 Å². The minimum atomic E-state index is -0.0427. The maximum absolute atomic E-state index is 9.32. The van der Waals surface area contributed by atoms with Crippen LogP contribution >= 0.6 is 0 Å². The molecule has 0 amide bonds. The highest BCUT2D eigenvalue weighted by Crippen LogP contribution is 2.25. The van der Waals surface area contributed by atoms with Crippen molar-refractivity contribution in [1.29, 1.82) is 0 Å². The van der Waals surface area contributed by atoms with Gasteiger partial charge in [-0.25, -0.2) is 4.98 Å². The molecule has 9 nitrogen and oxygen atoms in total. The zero-order valence-corrected chi connectivity index (χ0v) is 16.8. The molecular weight excluding hydrogens is 372 g/mol. The van der Waals surface area contributed by atoms with Gasteiger partial charge in [0, 0.05) is 18.2 Å². The summed E-state index contributed by atoms with van der Waals surface area (Å²) in [7, 11) is 1.60. The normalized spacial score (nSPS) is 12.3. The number of aliphatic hydroxyl groups is 2. The number of nitrogens with one attached hydrogen (secondary N) is 1. The Labute approximate surface area is 169 Å². The number of nitrogens with zero attached hydrogens (tertiary/aromatic N) is 4. The molecule has 1 aromatic carbocycles. The van der Waals surface area contributed by atoms with Crippen molar-refractivity contribution in [1.82, 2.24) is 19.7 Å². The average molecular weight is 400 g/mol. The molecule has 29 heavy (non-hydrogen) atoms. The largest absolute Gasteiger partial charge is 0.496 e. The molecule has 0 bridgehead atoms. The topological polar surface area (TPSA) is 131 Å². The molecule has 0 aliphatic heterocycles. The van der Waals surface area contributed by atoms with Crippen molar-refractivity contribution in [2.75, 3.05) is 24.8 Å². The zero-order valence-electron chi connectivity index (χ0n) is 16.8. The second kappa shape index (κ2) is 9.53. The van der Waals surface area contributed by atoms with Crippen LogP contribution in [0.3, 0.4) is 0 Å².